The fraction of sp³-hybridized carbons (Fsp3) is 0.190. The van der Waals surface area contributed by atoms with Gasteiger partial charge in [0.2, 0.25) is 0 Å². The summed E-state index contributed by atoms with van der Waals surface area (Å²) < 4.78 is 0. The molecule has 1 aliphatic rings. The van der Waals surface area contributed by atoms with Crippen LogP contribution in [0.3, 0.4) is 0 Å². The fourth-order valence-electron chi connectivity index (χ4n) is 2.82. The largest absolute Gasteiger partial charge is 0.478 e. The fourth-order valence-corrected chi connectivity index (χ4v) is 2.99. The van der Waals surface area contributed by atoms with Gasteiger partial charge in [-0.25, -0.2) is 4.79 Å². The first-order valence-corrected chi connectivity index (χ1v) is 9.57. The molecule has 30 heavy (non-hydrogen) atoms. The molecule has 154 valence electrons. The maximum absolute atomic E-state index is 12.8. The summed E-state index contributed by atoms with van der Waals surface area (Å²) in [5.74, 6) is -1.78. The summed E-state index contributed by atoms with van der Waals surface area (Å²) in [4.78, 5) is 23.6. The van der Waals surface area contributed by atoms with Crippen molar-refractivity contribution in [3.05, 3.63) is 59.2 Å². The maximum Gasteiger partial charge on any atom is 0.335 e. The molecule has 0 saturated carbocycles. The van der Waals surface area contributed by atoms with Crippen LogP contribution in [0.2, 0.25) is 0 Å². The van der Waals surface area contributed by atoms with Crippen LogP contribution in [0, 0.1) is 19.8 Å². The highest BCUT2D eigenvalue weighted by Gasteiger charge is 2.33. The minimum atomic E-state index is -1.00. The number of carboxylic acids is 1. The highest BCUT2D eigenvalue weighted by molar-refractivity contribution is 7.80. The number of carbonyl (C=O) groups is 2. The van der Waals surface area contributed by atoms with Crippen LogP contribution in [-0.2, 0) is 4.79 Å². The van der Waals surface area contributed by atoms with E-state index >= 15 is 0 Å². The van der Waals surface area contributed by atoms with E-state index in [4.69, 9.17) is 17.3 Å². The predicted molar refractivity (Wildman–Crippen MR) is 121 cm³/mol. The molecule has 0 aliphatic carbocycles. The summed E-state index contributed by atoms with van der Waals surface area (Å²) in [6.45, 7) is 5.77. The van der Waals surface area contributed by atoms with Crippen LogP contribution in [0.15, 0.2) is 52.7 Å². The average molecular weight is 423 g/mol. The lowest BCUT2D eigenvalue weighted by molar-refractivity contribution is -0.118. The molecule has 0 radical (unpaired) electrons. The van der Waals surface area contributed by atoms with Gasteiger partial charge in [0.15, 0.2) is 5.11 Å². The van der Waals surface area contributed by atoms with Crippen molar-refractivity contribution in [3.63, 3.8) is 0 Å². The molecule has 1 heterocycles. The van der Waals surface area contributed by atoms with Crippen LogP contribution in [0.5, 0.6) is 0 Å². The second-order valence-corrected chi connectivity index (χ2v) is 7.27. The molecule has 9 heteroatoms. The minimum absolute atomic E-state index is 0.181. The number of nitrogens with zero attached hydrogens (tertiary/aromatic N) is 3. The van der Waals surface area contributed by atoms with Gasteiger partial charge in [0.05, 0.1) is 17.0 Å². The third-order valence-corrected chi connectivity index (χ3v) is 4.89. The van der Waals surface area contributed by atoms with E-state index in [0.29, 0.717) is 17.1 Å². The van der Waals surface area contributed by atoms with Gasteiger partial charge >= 0.3 is 5.97 Å². The second kappa shape index (κ2) is 8.83. The van der Waals surface area contributed by atoms with Crippen molar-refractivity contribution in [2.75, 3.05) is 10.3 Å². The van der Waals surface area contributed by atoms with E-state index in [1.165, 1.54) is 23.4 Å². The lowest BCUT2D eigenvalue weighted by Gasteiger charge is -2.14. The Hall–Kier alpha value is -3.59. The summed E-state index contributed by atoms with van der Waals surface area (Å²) >= 11 is 5.17. The molecule has 1 unspecified atom stereocenters. The normalized spacial score (nSPS) is 16.0. The standard InChI is InChI=1S/C21H21N5O3S/c1-12-4-9-17(10-13(12)2)26-19(27)18(14(3)25-26)11-22-24-21(30)23-16-7-5-15(6-8-16)20(28)29/h4-11,18H,1-3H3,(H,28,29)(H2,23,24,30)/b22-11+. The van der Waals surface area contributed by atoms with Crippen LogP contribution in [0.25, 0.3) is 0 Å². The van der Waals surface area contributed by atoms with Crippen molar-refractivity contribution in [1.29, 1.82) is 0 Å². The lowest BCUT2D eigenvalue weighted by atomic mass is 10.1. The number of carboxylic acid groups (broad SMARTS) is 1. The molecule has 8 nitrogen and oxygen atoms in total. The molecule has 3 rings (SSSR count). The van der Waals surface area contributed by atoms with Gasteiger partial charge in [0.1, 0.15) is 5.92 Å². The molecule has 1 atom stereocenters. The van der Waals surface area contributed by atoms with Gasteiger partial charge in [-0.2, -0.15) is 15.2 Å². The molecule has 0 bridgehead atoms. The molecule has 2 aromatic rings. The quantitative estimate of drug-likeness (QED) is 0.387. The van der Waals surface area contributed by atoms with Gasteiger partial charge in [0, 0.05) is 11.9 Å². The molecule has 0 spiro atoms. The number of rotatable bonds is 5. The summed E-state index contributed by atoms with van der Waals surface area (Å²) in [7, 11) is 0. The number of carbonyl (C=O) groups excluding carboxylic acids is 1. The summed E-state index contributed by atoms with van der Waals surface area (Å²) in [6.07, 6.45) is 1.46. The molecule has 2 aromatic carbocycles. The van der Waals surface area contributed by atoms with E-state index < -0.39 is 11.9 Å². The van der Waals surface area contributed by atoms with Crippen molar-refractivity contribution >= 4 is 52.5 Å². The third-order valence-electron chi connectivity index (χ3n) is 4.70. The van der Waals surface area contributed by atoms with Gasteiger partial charge < -0.3 is 10.4 Å². The zero-order chi connectivity index (χ0) is 21.8. The average Bonchev–Trinajstić information content (AvgIpc) is 2.98. The van der Waals surface area contributed by atoms with Crippen LogP contribution < -0.4 is 15.8 Å². The SMILES string of the molecule is CC1=NN(c2ccc(C)c(C)c2)C(=O)C1/C=N/NC(=S)Nc1ccc(C(=O)O)cc1. The van der Waals surface area contributed by atoms with Crippen LogP contribution in [-0.4, -0.2) is 34.0 Å². The smallest absolute Gasteiger partial charge is 0.335 e. The Labute approximate surface area is 179 Å². The van der Waals surface area contributed by atoms with Crippen LogP contribution >= 0.6 is 12.2 Å². The monoisotopic (exact) mass is 423 g/mol. The first-order valence-electron chi connectivity index (χ1n) is 9.16. The van der Waals surface area contributed by atoms with Gasteiger partial charge in [-0.05, 0) is 80.5 Å². The van der Waals surface area contributed by atoms with Crippen molar-refractivity contribution in [3.8, 4) is 0 Å². The highest BCUT2D eigenvalue weighted by atomic mass is 32.1. The van der Waals surface area contributed by atoms with Crippen molar-refractivity contribution in [2.45, 2.75) is 20.8 Å². The Kier molecular flexibility index (Phi) is 6.22. The first-order chi connectivity index (χ1) is 14.3. The number of thiocarbonyl (C=S) groups is 1. The zero-order valence-electron chi connectivity index (χ0n) is 16.7. The van der Waals surface area contributed by atoms with E-state index in [9.17, 15) is 9.59 Å². The molecule has 0 fully saturated rings. The molecule has 1 amide bonds. The first kappa shape index (κ1) is 21.1. The molecule has 0 aromatic heterocycles. The van der Waals surface area contributed by atoms with E-state index in [1.807, 2.05) is 32.0 Å². The van der Waals surface area contributed by atoms with Crippen LogP contribution in [0.4, 0.5) is 11.4 Å². The van der Waals surface area contributed by atoms with Crippen molar-refractivity contribution < 1.29 is 14.7 Å². The predicted octanol–water partition coefficient (Wildman–Crippen LogP) is 3.31. The molecule has 1 aliphatic heterocycles. The van der Waals surface area contributed by atoms with E-state index in [0.717, 1.165) is 11.1 Å². The Morgan fingerprint density at radius 2 is 1.87 bits per heavy atom. The number of hydrazone groups is 2. The Bertz CT molecular complexity index is 1060. The highest BCUT2D eigenvalue weighted by Crippen LogP contribution is 2.25. The number of benzene rings is 2. The van der Waals surface area contributed by atoms with Gasteiger partial charge in [-0.3, -0.25) is 10.2 Å². The third kappa shape index (κ3) is 4.69. The maximum atomic E-state index is 12.8. The summed E-state index contributed by atoms with van der Waals surface area (Å²) in [5, 5.41) is 21.8. The number of hydrogen-bond donors (Lipinski definition) is 3. The van der Waals surface area contributed by atoms with E-state index in [2.05, 4.69) is 20.9 Å². The van der Waals surface area contributed by atoms with E-state index in [-0.39, 0.29) is 16.6 Å². The number of anilines is 2. The Morgan fingerprint density at radius 3 is 2.50 bits per heavy atom. The number of aromatic carboxylic acids is 1. The van der Waals surface area contributed by atoms with Crippen molar-refractivity contribution in [1.82, 2.24) is 5.43 Å². The minimum Gasteiger partial charge on any atom is -0.478 e. The Morgan fingerprint density at radius 1 is 1.17 bits per heavy atom. The summed E-state index contributed by atoms with van der Waals surface area (Å²) in [5.41, 5.74) is 7.03. The van der Waals surface area contributed by atoms with E-state index in [1.54, 1.807) is 19.1 Å². The van der Waals surface area contributed by atoms with Gasteiger partial charge in [-0.1, -0.05) is 6.07 Å². The number of hydrogen-bond acceptors (Lipinski definition) is 5. The number of nitrogens with one attached hydrogen (secondary N) is 2. The molecule has 3 N–H and O–H groups in total. The second-order valence-electron chi connectivity index (χ2n) is 6.86. The topological polar surface area (TPSA) is 106 Å². The molecular formula is C21H21N5O3S. The van der Waals surface area contributed by atoms with Gasteiger partial charge in [0.25, 0.3) is 5.91 Å². The zero-order valence-corrected chi connectivity index (χ0v) is 17.5. The van der Waals surface area contributed by atoms with Gasteiger partial charge in [-0.15, -0.1) is 0 Å². The Balaban J connectivity index is 1.59. The van der Waals surface area contributed by atoms with Crippen molar-refractivity contribution in [2.24, 2.45) is 16.1 Å². The number of aryl methyl sites for hydroxylation is 2. The molecule has 0 saturated heterocycles. The molecular weight excluding hydrogens is 402 g/mol. The lowest BCUT2D eigenvalue weighted by Crippen LogP contribution is -2.30. The summed E-state index contributed by atoms with van der Waals surface area (Å²) in [6, 6.07) is 11.9. The number of amides is 1. The van der Waals surface area contributed by atoms with Crippen LogP contribution in [0.1, 0.15) is 28.4 Å².